The van der Waals surface area contributed by atoms with Crippen LogP contribution in [0.3, 0.4) is 0 Å². The summed E-state index contributed by atoms with van der Waals surface area (Å²) in [5, 5.41) is 41.0. The van der Waals surface area contributed by atoms with Crippen molar-refractivity contribution in [3.8, 4) is 5.75 Å². The fourth-order valence-electron chi connectivity index (χ4n) is 6.52. The minimum Gasteiger partial charge on any atom is -0.487 e. The van der Waals surface area contributed by atoms with E-state index in [1.54, 1.807) is 0 Å². The van der Waals surface area contributed by atoms with Crippen molar-refractivity contribution >= 4 is 0 Å². The minimum atomic E-state index is -0.701. The molecular weight excluding hydrogens is 404 g/mol. The second-order valence-electron chi connectivity index (χ2n) is 12.6. The SMILES string of the molecule is CC1(C)c2cc3c(cc2C(C)(C)C1[O])OC(C(O)CNCC1CC(C)(C)N([O])C1(C)C)C3. The first-order valence-corrected chi connectivity index (χ1v) is 12.0. The first-order chi connectivity index (χ1) is 14.6. The number of rotatable bonds is 5. The molecule has 1 aliphatic carbocycles. The van der Waals surface area contributed by atoms with E-state index in [2.05, 4.69) is 11.4 Å². The van der Waals surface area contributed by atoms with Gasteiger partial charge in [0.1, 0.15) is 24.1 Å². The third-order valence-corrected chi connectivity index (χ3v) is 8.59. The molecule has 6 nitrogen and oxygen atoms in total. The summed E-state index contributed by atoms with van der Waals surface area (Å²) in [5.74, 6) is 1.02. The van der Waals surface area contributed by atoms with Crippen molar-refractivity contribution in [1.82, 2.24) is 10.4 Å². The van der Waals surface area contributed by atoms with Crippen molar-refractivity contribution in [1.29, 1.82) is 0 Å². The van der Waals surface area contributed by atoms with Crippen molar-refractivity contribution < 1.29 is 20.2 Å². The first-order valence-electron chi connectivity index (χ1n) is 12.0. The third kappa shape index (κ3) is 3.50. The number of benzene rings is 1. The highest BCUT2D eigenvalue weighted by Crippen LogP contribution is 2.52. The maximum Gasteiger partial charge on any atom is 0.130 e. The third-order valence-electron chi connectivity index (χ3n) is 8.59. The number of fused-ring (bicyclic) bond motifs is 2. The lowest BCUT2D eigenvalue weighted by atomic mass is 9.78. The molecule has 178 valence electrons. The van der Waals surface area contributed by atoms with E-state index in [0.29, 0.717) is 19.5 Å². The van der Waals surface area contributed by atoms with Crippen molar-refractivity contribution in [2.24, 2.45) is 5.92 Å². The van der Waals surface area contributed by atoms with Crippen LogP contribution in [0.25, 0.3) is 0 Å². The smallest absolute Gasteiger partial charge is 0.130 e. The lowest BCUT2D eigenvalue weighted by molar-refractivity contribution is -0.248. The van der Waals surface area contributed by atoms with Gasteiger partial charge in [-0.25, -0.2) is 5.11 Å². The molecule has 2 radical (unpaired) electrons. The predicted molar refractivity (Wildman–Crippen MR) is 123 cm³/mol. The van der Waals surface area contributed by atoms with E-state index >= 15 is 0 Å². The number of aliphatic hydroxyl groups excluding tert-OH is 1. The van der Waals surface area contributed by atoms with E-state index in [1.165, 1.54) is 5.06 Å². The van der Waals surface area contributed by atoms with Gasteiger partial charge in [-0.15, -0.1) is 10.3 Å². The maximum absolute atomic E-state index is 13.0. The number of nitrogens with one attached hydrogen (secondary N) is 1. The van der Waals surface area contributed by atoms with Gasteiger partial charge < -0.3 is 15.2 Å². The van der Waals surface area contributed by atoms with Gasteiger partial charge in [0.25, 0.3) is 0 Å². The zero-order valence-electron chi connectivity index (χ0n) is 20.9. The van der Waals surface area contributed by atoms with Gasteiger partial charge in [-0.2, -0.15) is 0 Å². The van der Waals surface area contributed by atoms with Gasteiger partial charge >= 0.3 is 0 Å². The molecule has 3 aliphatic rings. The van der Waals surface area contributed by atoms with E-state index in [4.69, 9.17) is 4.74 Å². The van der Waals surface area contributed by atoms with Crippen LogP contribution in [0.2, 0.25) is 0 Å². The molecule has 4 unspecified atom stereocenters. The Morgan fingerprint density at radius 2 is 1.69 bits per heavy atom. The van der Waals surface area contributed by atoms with Crippen LogP contribution in [-0.2, 0) is 27.6 Å². The molecule has 4 rings (SSSR count). The molecule has 0 spiro atoms. The van der Waals surface area contributed by atoms with E-state index in [1.807, 2.05) is 61.5 Å². The lowest BCUT2D eigenvalue weighted by Crippen LogP contribution is -2.48. The molecule has 2 aliphatic heterocycles. The minimum absolute atomic E-state index is 0.219. The van der Waals surface area contributed by atoms with Crippen LogP contribution in [0.1, 0.15) is 78.5 Å². The van der Waals surface area contributed by atoms with E-state index in [-0.39, 0.29) is 17.6 Å². The summed E-state index contributed by atoms with van der Waals surface area (Å²) in [6.07, 6.45) is -0.185. The van der Waals surface area contributed by atoms with Gasteiger partial charge in [0.15, 0.2) is 0 Å². The predicted octanol–water partition coefficient (Wildman–Crippen LogP) is 3.53. The van der Waals surface area contributed by atoms with Gasteiger partial charge in [-0.1, -0.05) is 33.8 Å². The van der Waals surface area contributed by atoms with Crippen LogP contribution >= 0.6 is 0 Å². The Kier molecular flexibility index (Phi) is 5.55. The van der Waals surface area contributed by atoms with Crippen LogP contribution < -0.4 is 10.1 Å². The molecule has 32 heavy (non-hydrogen) atoms. The Hall–Kier alpha value is -1.18. The van der Waals surface area contributed by atoms with Crippen molar-refractivity contribution in [2.45, 2.75) is 108 Å². The fraction of sp³-hybridized carbons (Fsp3) is 0.769. The molecule has 4 atom stereocenters. The Labute approximate surface area is 192 Å². The molecule has 0 bridgehead atoms. The number of nitrogens with zero attached hydrogens (tertiary/aromatic N) is 1. The molecule has 1 aromatic carbocycles. The van der Waals surface area contributed by atoms with Gasteiger partial charge in [0, 0.05) is 34.9 Å². The molecule has 0 saturated carbocycles. The van der Waals surface area contributed by atoms with Crippen molar-refractivity contribution in [3.63, 3.8) is 0 Å². The van der Waals surface area contributed by atoms with Gasteiger partial charge in [-0.3, -0.25) is 0 Å². The lowest BCUT2D eigenvalue weighted by Gasteiger charge is -2.34. The van der Waals surface area contributed by atoms with E-state index in [9.17, 15) is 15.4 Å². The maximum atomic E-state index is 13.0. The molecule has 0 aromatic heterocycles. The van der Waals surface area contributed by atoms with Gasteiger partial charge in [-0.05, 0) is 69.3 Å². The highest BCUT2D eigenvalue weighted by molar-refractivity contribution is 5.55. The monoisotopic (exact) mass is 444 g/mol. The van der Waals surface area contributed by atoms with E-state index in [0.717, 1.165) is 28.9 Å². The number of ether oxygens (including phenoxy) is 1. The van der Waals surface area contributed by atoms with Crippen molar-refractivity contribution in [3.05, 3.63) is 28.8 Å². The van der Waals surface area contributed by atoms with Gasteiger partial charge in [0.2, 0.25) is 0 Å². The quantitative estimate of drug-likeness (QED) is 0.728. The summed E-state index contributed by atoms with van der Waals surface area (Å²) in [4.78, 5) is 0. The molecule has 1 saturated heterocycles. The average molecular weight is 445 g/mol. The Balaban J connectivity index is 1.39. The standard InChI is InChI=1S/C26H40N2O4/c1-23(2)12-16(26(7,8)28(23)31)13-27-14-19(29)21-10-15-9-17-18(11-20(15)32-21)25(5,6)22(30)24(17,3)4/h9,11,16,19,21-22,27,29H,10,12-14H2,1-8H3. The molecule has 2 N–H and O–H groups in total. The molecule has 2 heterocycles. The zero-order valence-corrected chi connectivity index (χ0v) is 20.9. The molecule has 0 amide bonds. The first kappa shape index (κ1) is 24.0. The Bertz CT molecular complexity index is 847. The highest BCUT2D eigenvalue weighted by atomic mass is 16.5. The molecule has 6 heteroatoms. The molecule has 1 aromatic rings. The highest BCUT2D eigenvalue weighted by Gasteiger charge is 2.53. The van der Waals surface area contributed by atoms with E-state index < -0.39 is 28.6 Å². The average Bonchev–Trinajstić information content (AvgIpc) is 3.23. The number of hydroxylamine groups is 2. The summed E-state index contributed by atoms with van der Waals surface area (Å²) in [6.45, 7) is 17.2. The molecule has 1 fully saturated rings. The van der Waals surface area contributed by atoms with Crippen LogP contribution in [0.4, 0.5) is 0 Å². The Morgan fingerprint density at radius 1 is 1.09 bits per heavy atom. The van der Waals surface area contributed by atoms with Crippen molar-refractivity contribution in [2.75, 3.05) is 13.1 Å². The van der Waals surface area contributed by atoms with Crippen LogP contribution in [0, 0.1) is 5.92 Å². The van der Waals surface area contributed by atoms with Gasteiger partial charge in [0.05, 0.1) is 0 Å². The second kappa shape index (κ2) is 7.41. The summed E-state index contributed by atoms with van der Waals surface area (Å²) < 4.78 is 6.15. The normalized spacial score (nSPS) is 32.4. The number of hydrogen-bond acceptors (Lipinski definition) is 4. The summed E-state index contributed by atoms with van der Waals surface area (Å²) >= 11 is 0. The zero-order chi connectivity index (χ0) is 23.9. The van der Waals surface area contributed by atoms with Crippen LogP contribution in [0.5, 0.6) is 5.75 Å². The molecular formula is C26H40N2O4. The summed E-state index contributed by atoms with van der Waals surface area (Å²) in [6, 6.07) is 4.17. The number of hydrogen-bond donors (Lipinski definition) is 2. The summed E-state index contributed by atoms with van der Waals surface area (Å²) in [7, 11) is 0. The van der Waals surface area contributed by atoms with Crippen LogP contribution in [0.15, 0.2) is 12.1 Å². The second-order valence-corrected chi connectivity index (χ2v) is 12.6. The fourth-order valence-corrected chi connectivity index (χ4v) is 6.52. The number of aliphatic hydroxyl groups is 1. The largest absolute Gasteiger partial charge is 0.487 e. The Morgan fingerprint density at radius 3 is 2.25 bits per heavy atom. The van der Waals surface area contributed by atoms with Crippen LogP contribution in [-0.4, -0.2) is 52.6 Å². The topological polar surface area (TPSA) is 84.5 Å². The summed E-state index contributed by atoms with van der Waals surface area (Å²) in [5.41, 5.74) is 1.59.